The highest BCUT2D eigenvalue weighted by atomic mass is 19.1. The maximum atomic E-state index is 14.0. The van der Waals surface area contributed by atoms with E-state index in [9.17, 15) is 9.18 Å². The predicted molar refractivity (Wildman–Crippen MR) is 76.5 cm³/mol. The van der Waals surface area contributed by atoms with Gasteiger partial charge in [-0.15, -0.1) is 0 Å². The molecule has 0 atom stereocenters. The van der Waals surface area contributed by atoms with Crippen LogP contribution in [0.3, 0.4) is 0 Å². The molecule has 2 heterocycles. The van der Waals surface area contributed by atoms with Gasteiger partial charge in [0.15, 0.2) is 5.69 Å². The number of halogens is 1. The van der Waals surface area contributed by atoms with Crippen LogP contribution in [0.2, 0.25) is 0 Å². The third-order valence-electron chi connectivity index (χ3n) is 3.15. The Balaban J connectivity index is 2.17. The monoisotopic (exact) mass is 284 g/mol. The molecule has 0 bridgehead atoms. The van der Waals surface area contributed by atoms with Crippen LogP contribution in [0.1, 0.15) is 17.4 Å². The minimum Gasteiger partial charge on any atom is -0.461 e. The normalized spacial score (nSPS) is 10.8. The molecule has 21 heavy (non-hydrogen) atoms. The Kier molecular flexibility index (Phi) is 3.39. The molecule has 0 saturated carbocycles. The number of rotatable bonds is 3. The Hall–Kier alpha value is -2.69. The zero-order valence-corrected chi connectivity index (χ0v) is 11.4. The van der Waals surface area contributed by atoms with Crippen molar-refractivity contribution >= 4 is 11.5 Å². The summed E-state index contributed by atoms with van der Waals surface area (Å²) in [6, 6.07) is 11.7. The van der Waals surface area contributed by atoms with Crippen LogP contribution < -0.4 is 0 Å². The highest BCUT2D eigenvalue weighted by Gasteiger charge is 2.15. The number of ether oxygens (including phenoxy) is 1. The van der Waals surface area contributed by atoms with E-state index in [1.165, 1.54) is 6.07 Å². The highest BCUT2D eigenvalue weighted by Crippen LogP contribution is 2.27. The Morgan fingerprint density at radius 3 is 2.76 bits per heavy atom. The van der Waals surface area contributed by atoms with Gasteiger partial charge in [-0.1, -0.05) is 24.3 Å². The summed E-state index contributed by atoms with van der Waals surface area (Å²) < 4.78 is 20.5. The maximum Gasteiger partial charge on any atom is 0.358 e. The van der Waals surface area contributed by atoms with Gasteiger partial charge in [0, 0.05) is 17.3 Å². The van der Waals surface area contributed by atoms with E-state index < -0.39 is 5.97 Å². The van der Waals surface area contributed by atoms with Gasteiger partial charge >= 0.3 is 5.97 Å². The van der Waals surface area contributed by atoms with E-state index in [1.54, 1.807) is 54.0 Å². The van der Waals surface area contributed by atoms with Crippen molar-refractivity contribution in [3.63, 3.8) is 0 Å². The van der Waals surface area contributed by atoms with Crippen LogP contribution in [0.5, 0.6) is 0 Å². The number of carbonyl (C=O) groups is 1. The Morgan fingerprint density at radius 1 is 1.24 bits per heavy atom. The fourth-order valence-corrected chi connectivity index (χ4v) is 2.23. The van der Waals surface area contributed by atoms with Crippen molar-refractivity contribution < 1.29 is 13.9 Å². The van der Waals surface area contributed by atoms with Crippen LogP contribution in [-0.4, -0.2) is 22.2 Å². The molecule has 0 unspecified atom stereocenters. The number of hydrogen-bond donors (Lipinski definition) is 0. The second kappa shape index (κ2) is 5.36. The summed E-state index contributed by atoms with van der Waals surface area (Å²) in [5.41, 5.74) is 2.02. The second-order valence-electron chi connectivity index (χ2n) is 4.48. The lowest BCUT2D eigenvalue weighted by molar-refractivity contribution is 0.0519. The van der Waals surface area contributed by atoms with Gasteiger partial charge in [-0.2, -0.15) is 5.10 Å². The first kappa shape index (κ1) is 13.3. The number of benzene rings is 1. The molecule has 0 spiro atoms. The van der Waals surface area contributed by atoms with Crippen molar-refractivity contribution in [1.82, 2.24) is 9.61 Å². The number of aromatic nitrogens is 2. The molecule has 106 valence electrons. The van der Waals surface area contributed by atoms with Gasteiger partial charge in [-0.3, -0.25) is 0 Å². The highest BCUT2D eigenvalue weighted by molar-refractivity contribution is 5.91. The summed E-state index contributed by atoms with van der Waals surface area (Å²) in [4.78, 5) is 11.8. The van der Waals surface area contributed by atoms with E-state index in [0.29, 0.717) is 16.6 Å². The van der Waals surface area contributed by atoms with Gasteiger partial charge in [-0.05, 0) is 25.1 Å². The number of carbonyl (C=O) groups excluding carboxylic acids is 1. The van der Waals surface area contributed by atoms with E-state index in [4.69, 9.17) is 4.74 Å². The average molecular weight is 284 g/mol. The molecule has 3 aromatic rings. The van der Waals surface area contributed by atoms with E-state index in [-0.39, 0.29) is 18.1 Å². The summed E-state index contributed by atoms with van der Waals surface area (Å²) in [6.45, 7) is 2.02. The molecule has 0 radical (unpaired) electrons. The van der Waals surface area contributed by atoms with E-state index >= 15 is 0 Å². The molecular formula is C16H13FN2O2. The molecule has 0 aliphatic carbocycles. The zero-order valence-electron chi connectivity index (χ0n) is 11.4. The van der Waals surface area contributed by atoms with Gasteiger partial charge in [0.1, 0.15) is 5.82 Å². The van der Waals surface area contributed by atoms with Crippen molar-refractivity contribution in [3.8, 4) is 11.1 Å². The van der Waals surface area contributed by atoms with Gasteiger partial charge in [0.05, 0.1) is 12.1 Å². The number of nitrogens with zero attached hydrogens (tertiary/aromatic N) is 2. The fraction of sp³-hybridized carbons (Fsp3) is 0.125. The Morgan fingerprint density at radius 2 is 2.00 bits per heavy atom. The van der Waals surface area contributed by atoms with Crippen LogP contribution in [0, 0.1) is 5.82 Å². The van der Waals surface area contributed by atoms with Crippen LogP contribution >= 0.6 is 0 Å². The van der Waals surface area contributed by atoms with Gasteiger partial charge in [0.25, 0.3) is 0 Å². The van der Waals surface area contributed by atoms with Crippen LogP contribution in [0.15, 0.2) is 48.7 Å². The van der Waals surface area contributed by atoms with Crippen LogP contribution in [0.25, 0.3) is 16.6 Å². The SMILES string of the molecule is CCOC(=O)c1cc2c(-c3ccccc3F)cccn2n1. The summed E-state index contributed by atoms with van der Waals surface area (Å²) in [7, 11) is 0. The van der Waals surface area contributed by atoms with Gasteiger partial charge in [-0.25, -0.2) is 13.7 Å². The fourth-order valence-electron chi connectivity index (χ4n) is 2.23. The van der Waals surface area contributed by atoms with Gasteiger partial charge in [0.2, 0.25) is 0 Å². The molecule has 0 aliphatic heterocycles. The summed E-state index contributed by atoms with van der Waals surface area (Å²) in [6.07, 6.45) is 1.71. The molecule has 0 amide bonds. The molecule has 2 aromatic heterocycles. The molecule has 0 saturated heterocycles. The van der Waals surface area contributed by atoms with Crippen molar-refractivity contribution in [2.45, 2.75) is 6.92 Å². The zero-order chi connectivity index (χ0) is 14.8. The van der Waals surface area contributed by atoms with E-state index in [1.807, 2.05) is 0 Å². The molecule has 0 aliphatic rings. The van der Waals surface area contributed by atoms with Crippen molar-refractivity contribution in [1.29, 1.82) is 0 Å². The Bertz CT molecular complexity index is 811. The van der Waals surface area contributed by atoms with Crippen molar-refractivity contribution in [2.75, 3.05) is 6.61 Å². The molecule has 5 heteroatoms. The van der Waals surface area contributed by atoms with Crippen molar-refractivity contribution in [3.05, 3.63) is 60.2 Å². The van der Waals surface area contributed by atoms with Crippen molar-refractivity contribution in [2.24, 2.45) is 0 Å². The number of esters is 1. The van der Waals surface area contributed by atoms with Gasteiger partial charge < -0.3 is 4.74 Å². The standard InChI is InChI=1S/C16H13FN2O2/c1-2-21-16(20)14-10-15-12(7-5-9-19(15)18-14)11-6-3-4-8-13(11)17/h3-10H,2H2,1H3. The minimum atomic E-state index is -0.485. The smallest absolute Gasteiger partial charge is 0.358 e. The number of hydrogen-bond acceptors (Lipinski definition) is 3. The first-order chi connectivity index (χ1) is 10.2. The molecule has 1 aromatic carbocycles. The molecule has 0 fully saturated rings. The maximum absolute atomic E-state index is 14.0. The quantitative estimate of drug-likeness (QED) is 0.693. The van der Waals surface area contributed by atoms with Crippen LogP contribution in [0.4, 0.5) is 4.39 Å². The number of pyridine rings is 1. The lowest BCUT2D eigenvalue weighted by atomic mass is 10.0. The minimum absolute atomic E-state index is 0.209. The largest absolute Gasteiger partial charge is 0.461 e. The third-order valence-corrected chi connectivity index (χ3v) is 3.15. The second-order valence-corrected chi connectivity index (χ2v) is 4.48. The lowest BCUT2D eigenvalue weighted by Gasteiger charge is -2.04. The van der Waals surface area contributed by atoms with Crippen LogP contribution in [-0.2, 0) is 4.74 Å². The molecule has 4 nitrogen and oxygen atoms in total. The van der Waals surface area contributed by atoms with E-state index in [0.717, 1.165) is 0 Å². The molecule has 0 N–H and O–H groups in total. The topological polar surface area (TPSA) is 43.6 Å². The summed E-state index contributed by atoms with van der Waals surface area (Å²) in [5.74, 6) is -0.801. The summed E-state index contributed by atoms with van der Waals surface area (Å²) in [5, 5.41) is 4.17. The Labute approximate surface area is 120 Å². The molecular weight excluding hydrogens is 271 g/mol. The molecule has 3 rings (SSSR count). The lowest BCUT2D eigenvalue weighted by Crippen LogP contribution is -2.05. The number of fused-ring (bicyclic) bond motifs is 1. The summed E-state index contributed by atoms with van der Waals surface area (Å²) >= 11 is 0. The average Bonchev–Trinajstić information content (AvgIpc) is 2.92. The van der Waals surface area contributed by atoms with E-state index in [2.05, 4.69) is 5.10 Å². The predicted octanol–water partition coefficient (Wildman–Crippen LogP) is 3.32. The third kappa shape index (κ3) is 2.38. The first-order valence-electron chi connectivity index (χ1n) is 6.61. The first-order valence-corrected chi connectivity index (χ1v) is 6.61.